The van der Waals surface area contributed by atoms with Gasteiger partial charge in [0, 0.05) is 17.9 Å². The summed E-state index contributed by atoms with van der Waals surface area (Å²) in [4.78, 5) is 8.75. The molecule has 16 heavy (non-hydrogen) atoms. The number of aryl methyl sites for hydroxylation is 2. The van der Waals surface area contributed by atoms with Gasteiger partial charge in [-0.15, -0.1) is 0 Å². The molecule has 2 rings (SSSR count). The Hall–Kier alpha value is -1.16. The lowest BCUT2D eigenvalue weighted by atomic mass is 10.00. The molecule has 0 saturated carbocycles. The molecule has 0 amide bonds. The molecule has 4 nitrogen and oxygen atoms in total. The number of nitrogens with zero attached hydrogens (tertiary/aromatic N) is 2. The molecule has 0 aliphatic carbocycles. The lowest BCUT2D eigenvalue weighted by molar-refractivity contribution is 0.392. The van der Waals surface area contributed by atoms with Crippen LogP contribution in [-0.4, -0.2) is 29.6 Å². The maximum Gasteiger partial charge on any atom is 0.223 e. The van der Waals surface area contributed by atoms with Crippen LogP contribution in [0.15, 0.2) is 6.07 Å². The summed E-state index contributed by atoms with van der Waals surface area (Å²) >= 11 is 0. The van der Waals surface area contributed by atoms with Crippen molar-refractivity contribution in [1.29, 1.82) is 0 Å². The van der Waals surface area contributed by atoms with Gasteiger partial charge in [0.05, 0.1) is 0 Å². The molecule has 2 heterocycles. The van der Waals surface area contributed by atoms with E-state index in [4.69, 9.17) is 0 Å². The van der Waals surface area contributed by atoms with Gasteiger partial charge < -0.3 is 10.6 Å². The van der Waals surface area contributed by atoms with Crippen molar-refractivity contribution in [2.75, 3.05) is 25.0 Å². The highest BCUT2D eigenvalue weighted by atomic mass is 15.1. The Morgan fingerprint density at radius 2 is 2.12 bits per heavy atom. The summed E-state index contributed by atoms with van der Waals surface area (Å²) in [6.45, 7) is 7.24. The van der Waals surface area contributed by atoms with E-state index in [0.717, 1.165) is 37.0 Å². The van der Waals surface area contributed by atoms with E-state index >= 15 is 0 Å². The zero-order valence-electron chi connectivity index (χ0n) is 10.1. The van der Waals surface area contributed by atoms with E-state index in [0.29, 0.717) is 5.92 Å². The Morgan fingerprint density at radius 3 is 2.75 bits per heavy atom. The summed E-state index contributed by atoms with van der Waals surface area (Å²) < 4.78 is 0. The minimum atomic E-state index is 0.707. The van der Waals surface area contributed by atoms with E-state index in [2.05, 4.69) is 20.6 Å². The number of aromatic nitrogens is 2. The van der Waals surface area contributed by atoms with Crippen molar-refractivity contribution < 1.29 is 0 Å². The van der Waals surface area contributed by atoms with Gasteiger partial charge in [-0.2, -0.15) is 0 Å². The smallest absolute Gasteiger partial charge is 0.223 e. The van der Waals surface area contributed by atoms with Crippen LogP contribution < -0.4 is 10.6 Å². The van der Waals surface area contributed by atoms with Crippen molar-refractivity contribution in [3.05, 3.63) is 17.5 Å². The second kappa shape index (κ2) is 5.25. The molecule has 0 unspecified atom stereocenters. The number of piperidine rings is 1. The summed E-state index contributed by atoms with van der Waals surface area (Å²) in [5.41, 5.74) is 2.05. The van der Waals surface area contributed by atoms with Crippen LogP contribution in [0.1, 0.15) is 24.2 Å². The fraction of sp³-hybridized carbons (Fsp3) is 0.667. The van der Waals surface area contributed by atoms with Crippen molar-refractivity contribution in [1.82, 2.24) is 15.3 Å². The molecule has 1 saturated heterocycles. The first-order valence-corrected chi connectivity index (χ1v) is 6.01. The summed E-state index contributed by atoms with van der Waals surface area (Å²) in [5, 5.41) is 6.75. The predicted octanol–water partition coefficient (Wildman–Crippen LogP) is 1.50. The topological polar surface area (TPSA) is 49.8 Å². The molecule has 1 aliphatic rings. The van der Waals surface area contributed by atoms with Crippen LogP contribution in [0.5, 0.6) is 0 Å². The normalized spacial score (nSPS) is 20.8. The quantitative estimate of drug-likeness (QED) is 0.810. The van der Waals surface area contributed by atoms with Crippen molar-refractivity contribution in [2.45, 2.75) is 26.7 Å². The number of rotatable bonds is 3. The molecule has 0 radical (unpaired) electrons. The van der Waals surface area contributed by atoms with Gasteiger partial charge in [0.15, 0.2) is 0 Å². The van der Waals surface area contributed by atoms with Crippen molar-refractivity contribution in [3.63, 3.8) is 0 Å². The van der Waals surface area contributed by atoms with Gasteiger partial charge in [0.1, 0.15) is 0 Å². The molecule has 1 aromatic rings. The Bertz CT molecular complexity index is 325. The SMILES string of the molecule is Cc1cc(C)nc(NC[C@H]2CCCNC2)n1. The van der Waals surface area contributed by atoms with Crippen LogP contribution in [0, 0.1) is 19.8 Å². The van der Waals surface area contributed by atoms with Crippen LogP contribution in [0.3, 0.4) is 0 Å². The molecule has 1 aliphatic heterocycles. The van der Waals surface area contributed by atoms with Crippen LogP contribution in [0.4, 0.5) is 5.95 Å². The Morgan fingerprint density at radius 1 is 1.38 bits per heavy atom. The number of anilines is 1. The van der Waals surface area contributed by atoms with Gasteiger partial charge in [-0.05, 0) is 51.8 Å². The average Bonchev–Trinajstić information content (AvgIpc) is 2.27. The van der Waals surface area contributed by atoms with Gasteiger partial charge in [0.25, 0.3) is 0 Å². The molecular formula is C12H20N4. The highest BCUT2D eigenvalue weighted by molar-refractivity contribution is 5.27. The van der Waals surface area contributed by atoms with Gasteiger partial charge in [0.2, 0.25) is 5.95 Å². The van der Waals surface area contributed by atoms with Crippen LogP contribution in [0.2, 0.25) is 0 Å². The number of hydrogen-bond donors (Lipinski definition) is 2. The summed E-state index contributed by atoms with van der Waals surface area (Å²) in [5.74, 6) is 1.47. The third kappa shape index (κ3) is 3.17. The first-order chi connectivity index (χ1) is 7.74. The zero-order valence-corrected chi connectivity index (χ0v) is 10.1. The molecule has 0 spiro atoms. The second-order valence-electron chi connectivity index (χ2n) is 4.57. The van der Waals surface area contributed by atoms with E-state index in [1.807, 2.05) is 19.9 Å². The summed E-state index contributed by atoms with van der Waals surface area (Å²) in [7, 11) is 0. The minimum Gasteiger partial charge on any atom is -0.354 e. The third-order valence-corrected chi connectivity index (χ3v) is 2.93. The first kappa shape index (κ1) is 11.3. The maximum atomic E-state index is 4.38. The molecule has 1 fully saturated rings. The highest BCUT2D eigenvalue weighted by Gasteiger charge is 2.12. The Labute approximate surface area is 96.9 Å². The minimum absolute atomic E-state index is 0.707. The van der Waals surface area contributed by atoms with Gasteiger partial charge in [-0.1, -0.05) is 0 Å². The lowest BCUT2D eigenvalue weighted by Crippen LogP contribution is -2.33. The van der Waals surface area contributed by atoms with Crippen molar-refractivity contribution >= 4 is 5.95 Å². The Kier molecular flexibility index (Phi) is 3.72. The van der Waals surface area contributed by atoms with Crippen LogP contribution in [0.25, 0.3) is 0 Å². The molecule has 0 bridgehead atoms. The van der Waals surface area contributed by atoms with Crippen LogP contribution >= 0.6 is 0 Å². The van der Waals surface area contributed by atoms with E-state index in [-0.39, 0.29) is 0 Å². The fourth-order valence-corrected chi connectivity index (χ4v) is 2.14. The monoisotopic (exact) mass is 220 g/mol. The summed E-state index contributed by atoms with van der Waals surface area (Å²) in [6.07, 6.45) is 2.57. The summed E-state index contributed by atoms with van der Waals surface area (Å²) in [6, 6.07) is 1.99. The first-order valence-electron chi connectivity index (χ1n) is 6.01. The third-order valence-electron chi connectivity index (χ3n) is 2.93. The maximum absolute atomic E-state index is 4.38. The van der Waals surface area contributed by atoms with Gasteiger partial charge in [-0.3, -0.25) is 0 Å². The molecule has 2 N–H and O–H groups in total. The molecule has 4 heteroatoms. The predicted molar refractivity (Wildman–Crippen MR) is 65.6 cm³/mol. The molecule has 1 aromatic heterocycles. The average molecular weight is 220 g/mol. The van der Waals surface area contributed by atoms with E-state index in [1.54, 1.807) is 0 Å². The second-order valence-corrected chi connectivity index (χ2v) is 4.57. The molecule has 1 atom stereocenters. The van der Waals surface area contributed by atoms with E-state index in [1.165, 1.54) is 12.8 Å². The van der Waals surface area contributed by atoms with E-state index < -0.39 is 0 Å². The van der Waals surface area contributed by atoms with Crippen LogP contribution in [-0.2, 0) is 0 Å². The van der Waals surface area contributed by atoms with Gasteiger partial charge in [-0.25, -0.2) is 9.97 Å². The standard InChI is InChI=1S/C12H20N4/c1-9-6-10(2)16-12(15-9)14-8-11-4-3-5-13-7-11/h6,11,13H,3-5,7-8H2,1-2H3,(H,14,15,16)/t11-/m0/s1. The van der Waals surface area contributed by atoms with E-state index in [9.17, 15) is 0 Å². The molecule has 88 valence electrons. The number of hydrogen-bond acceptors (Lipinski definition) is 4. The fourth-order valence-electron chi connectivity index (χ4n) is 2.14. The molecule has 0 aromatic carbocycles. The highest BCUT2D eigenvalue weighted by Crippen LogP contribution is 2.11. The zero-order chi connectivity index (χ0) is 11.4. The lowest BCUT2D eigenvalue weighted by Gasteiger charge is -2.22. The van der Waals surface area contributed by atoms with Crippen molar-refractivity contribution in [3.8, 4) is 0 Å². The van der Waals surface area contributed by atoms with Gasteiger partial charge >= 0.3 is 0 Å². The van der Waals surface area contributed by atoms with Crippen molar-refractivity contribution in [2.24, 2.45) is 5.92 Å². The number of nitrogens with one attached hydrogen (secondary N) is 2. The Balaban J connectivity index is 1.88. The largest absolute Gasteiger partial charge is 0.354 e. The molecular weight excluding hydrogens is 200 g/mol.